The van der Waals surface area contributed by atoms with Crippen LogP contribution in [0.2, 0.25) is 0 Å². The highest BCUT2D eigenvalue weighted by Crippen LogP contribution is 2.31. The lowest BCUT2D eigenvalue weighted by molar-refractivity contribution is -0.122. The minimum Gasteiger partial charge on any atom is -0.352 e. The van der Waals surface area contributed by atoms with Gasteiger partial charge in [0.25, 0.3) is 5.91 Å². The summed E-state index contributed by atoms with van der Waals surface area (Å²) in [5.41, 5.74) is 3.09. The summed E-state index contributed by atoms with van der Waals surface area (Å²) in [5, 5.41) is 3.79. The first-order valence-electron chi connectivity index (χ1n) is 10.3. The van der Waals surface area contributed by atoms with Crippen molar-refractivity contribution in [1.82, 2.24) is 15.2 Å². The Hall–Kier alpha value is -2.34. The van der Waals surface area contributed by atoms with E-state index in [2.05, 4.69) is 42.3 Å². The lowest BCUT2D eigenvalue weighted by Gasteiger charge is -2.33. The summed E-state index contributed by atoms with van der Waals surface area (Å²) in [6, 6.07) is 9.97. The molecule has 1 saturated heterocycles. The molecular formula is C23H29N3O2S. The number of likely N-dealkylation sites (tertiary alicyclic amines) is 1. The number of rotatable bonds is 6. The minimum atomic E-state index is -0.0149. The summed E-state index contributed by atoms with van der Waals surface area (Å²) in [7, 11) is 0. The lowest BCUT2D eigenvalue weighted by atomic mass is 10.0. The number of hydrogen-bond donors (Lipinski definition) is 1. The van der Waals surface area contributed by atoms with E-state index in [1.54, 1.807) is 6.20 Å². The molecule has 0 spiro atoms. The molecule has 1 atom stereocenters. The maximum atomic E-state index is 13.2. The Morgan fingerprint density at radius 3 is 2.83 bits per heavy atom. The molecule has 5 nitrogen and oxygen atoms in total. The van der Waals surface area contributed by atoms with Crippen LogP contribution in [0.15, 0.2) is 46.5 Å². The molecule has 1 aliphatic rings. The van der Waals surface area contributed by atoms with Crippen molar-refractivity contribution >= 4 is 23.6 Å². The molecule has 0 aliphatic carbocycles. The van der Waals surface area contributed by atoms with Crippen molar-refractivity contribution in [3.8, 4) is 0 Å². The highest BCUT2D eigenvalue weighted by molar-refractivity contribution is 7.99. The van der Waals surface area contributed by atoms with Crippen molar-refractivity contribution in [2.24, 2.45) is 0 Å². The number of hydrogen-bond acceptors (Lipinski definition) is 4. The quantitative estimate of drug-likeness (QED) is 0.767. The third-order valence-electron chi connectivity index (χ3n) is 5.25. The first kappa shape index (κ1) is 21.4. The van der Waals surface area contributed by atoms with Gasteiger partial charge < -0.3 is 10.2 Å². The molecular weight excluding hydrogens is 382 g/mol. The van der Waals surface area contributed by atoms with Crippen molar-refractivity contribution in [1.29, 1.82) is 0 Å². The number of aromatic nitrogens is 1. The second-order valence-corrected chi connectivity index (χ2v) is 8.67. The molecule has 1 N–H and O–H groups in total. The molecule has 1 aromatic carbocycles. The van der Waals surface area contributed by atoms with Gasteiger partial charge in [-0.05, 0) is 68.5 Å². The lowest BCUT2D eigenvalue weighted by Crippen LogP contribution is -2.49. The van der Waals surface area contributed by atoms with Gasteiger partial charge in [0.2, 0.25) is 5.91 Å². The monoisotopic (exact) mass is 411 g/mol. The number of piperidine rings is 1. The van der Waals surface area contributed by atoms with Gasteiger partial charge in [-0.25, -0.2) is 4.98 Å². The number of nitrogens with zero attached hydrogens (tertiary/aromatic N) is 2. The average molecular weight is 412 g/mol. The van der Waals surface area contributed by atoms with Gasteiger partial charge in [-0.2, -0.15) is 0 Å². The number of carbonyl (C=O) groups is 2. The predicted molar refractivity (Wildman–Crippen MR) is 116 cm³/mol. The van der Waals surface area contributed by atoms with Crippen molar-refractivity contribution < 1.29 is 9.59 Å². The maximum absolute atomic E-state index is 13.2. The van der Waals surface area contributed by atoms with Crippen LogP contribution in [0.4, 0.5) is 0 Å². The van der Waals surface area contributed by atoms with Crippen molar-refractivity contribution in [3.63, 3.8) is 0 Å². The van der Waals surface area contributed by atoms with E-state index in [4.69, 9.17) is 0 Å². The van der Waals surface area contributed by atoms with Gasteiger partial charge in [0.1, 0.15) is 5.03 Å². The van der Waals surface area contributed by atoms with Crippen LogP contribution >= 0.6 is 11.8 Å². The maximum Gasteiger partial charge on any atom is 0.256 e. The van der Waals surface area contributed by atoms with E-state index < -0.39 is 0 Å². The van der Waals surface area contributed by atoms with E-state index >= 15 is 0 Å². The molecule has 2 amide bonds. The number of amides is 2. The Labute approximate surface area is 177 Å². The smallest absolute Gasteiger partial charge is 0.256 e. The molecule has 154 valence electrons. The number of benzene rings is 1. The van der Waals surface area contributed by atoms with E-state index in [1.165, 1.54) is 22.9 Å². The molecule has 2 heterocycles. The van der Waals surface area contributed by atoms with E-state index in [0.717, 1.165) is 29.2 Å². The molecule has 1 aromatic heterocycles. The zero-order valence-corrected chi connectivity index (χ0v) is 18.2. The second kappa shape index (κ2) is 9.92. The fourth-order valence-electron chi connectivity index (χ4n) is 3.50. The van der Waals surface area contributed by atoms with E-state index in [1.807, 2.05) is 24.0 Å². The van der Waals surface area contributed by atoms with Crippen LogP contribution < -0.4 is 5.32 Å². The van der Waals surface area contributed by atoms with E-state index in [9.17, 15) is 9.59 Å². The molecule has 0 bridgehead atoms. The number of nitrogens with one attached hydrogen (secondary N) is 1. The van der Waals surface area contributed by atoms with Crippen LogP contribution in [0.5, 0.6) is 0 Å². The first-order chi connectivity index (χ1) is 14.0. The van der Waals surface area contributed by atoms with Crippen LogP contribution in [-0.2, 0) is 4.79 Å². The van der Waals surface area contributed by atoms with Gasteiger partial charge in [-0.3, -0.25) is 9.59 Å². The standard InChI is InChI=1S/C23H29N3O2S/c1-4-7-21(27)25-18-8-6-13-26(15-18)23(28)20-9-5-12-24-22(20)29-19-11-10-16(2)17(3)14-19/h5,9-12,14,18H,4,6-8,13,15H2,1-3H3,(H,25,27). The molecule has 3 rings (SSSR count). The van der Waals surface area contributed by atoms with Crippen molar-refractivity contribution in [2.45, 2.75) is 62.4 Å². The van der Waals surface area contributed by atoms with Crippen LogP contribution in [0.25, 0.3) is 0 Å². The summed E-state index contributed by atoms with van der Waals surface area (Å²) in [6.45, 7) is 7.43. The highest BCUT2D eigenvalue weighted by Gasteiger charge is 2.27. The number of carbonyl (C=O) groups excluding carboxylic acids is 2. The molecule has 1 aliphatic heterocycles. The van der Waals surface area contributed by atoms with Crippen LogP contribution in [0, 0.1) is 13.8 Å². The fourth-order valence-corrected chi connectivity index (χ4v) is 4.47. The van der Waals surface area contributed by atoms with Gasteiger partial charge in [0.15, 0.2) is 0 Å². The van der Waals surface area contributed by atoms with Crippen LogP contribution in [-0.4, -0.2) is 40.8 Å². The van der Waals surface area contributed by atoms with Gasteiger partial charge in [0.05, 0.1) is 5.56 Å². The third kappa shape index (κ3) is 5.60. The Bertz CT molecular complexity index is 884. The average Bonchev–Trinajstić information content (AvgIpc) is 2.71. The second-order valence-electron chi connectivity index (χ2n) is 7.61. The van der Waals surface area contributed by atoms with Crippen molar-refractivity contribution in [2.75, 3.05) is 13.1 Å². The van der Waals surface area contributed by atoms with E-state index in [0.29, 0.717) is 25.1 Å². The predicted octanol–water partition coefficient (Wildman–Crippen LogP) is 4.37. The molecule has 0 saturated carbocycles. The van der Waals surface area contributed by atoms with Gasteiger partial charge in [-0.1, -0.05) is 24.8 Å². The molecule has 1 fully saturated rings. The molecule has 29 heavy (non-hydrogen) atoms. The zero-order chi connectivity index (χ0) is 20.8. The minimum absolute atomic E-state index is 0.0149. The Morgan fingerprint density at radius 1 is 1.24 bits per heavy atom. The molecule has 0 radical (unpaired) electrons. The summed E-state index contributed by atoms with van der Waals surface area (Å²) >= 11 is 1.52. The highest BCUT2D eigenvalue weighted by atomic mass is 32.2. The van der Waals surface area contributed by atoms with Crippen LogP contribution in [0.3, 0.4) is 0 Å². The van der Waals surface area contributed by atoms with Crippen molar-refractivity contribution in [3.05, 3.63) is 53.2 Å². The largest absolute Gasteiger partial charge is 0.352 e. The summed E-state index contributed by atoms with van der Waals surface area (Å²) in [5.74, 6) is 0.0537. The first-order valence-corrected chi connectivity index (χ1v) is 11.1. The topological polar surface area (TPSA) is 62.3 Å². The van der Waals surface area contributed by atoms with Crippen LogP contribution in [0.1, 0.15) is 54.1 Å². The number of pyridine rings is 1. The summed E-state index contributed by atoms with van der Waals surface area (Å²) in [4.78, 5) is 32.6. The SMILES string of the molecule is CCCC(=O)NC1CCCN(C(=O)c2cccnc2Sc2ccc(C)c(C)c2)C1. The fraction of sp³-hybridized carbons (Fsp3) is 0.435. The third-order valence-corrected chi connectivity index (χ3v) is 6.25. The zero-order valence-electron chi connectivity index (χ0n) is 17.4. The van der Waals surface area contributed by atoms with Gasteiger partial charge in [0, 0.05) is 36.6 Å². The van der Waals surface area contributed by atoms with Gasteiger partial charge >= 0.3 is 0 Å². The summed E-state index contributed by atoms with van der Waals surface area (Å²) < 4.78 is 0. The van der Waals surface area contributed by atoms with Gasteiger partial charge in [-0.15, -0.1) is 0 Å². The molecule has 6 heteroatoms. The normalized spacial score (nSPS) is 16.5. The molecule has 1 unspecified atom stereocenters. The Balaban J connectivity index is 1.73. The number of aryl methyl sites for hydroxylation is 2. The Kier molecular flexibility index (Phi) is 7.31. The Morgan fingerprint density at radius 2 is 2.07 bits per heavy atom. The summed E-state index contributed by atoms with van der Waals surface area (Å²) in [6.07, 6.45) is 4.89. The molecule has 2 aromatic rings. The van der Waals surface area contributed by atoms with E-state index in [-0.39, 0.29) is 17.9 Å².